The molecule has 2 heterocycles. The van der Waals surface area contributed by atoms with Crippen LogP contribution in [0.25, 0.3) is 22.2 Å². The summed E-state index contributed by atoms with van der Waals surface area (Å²) in [7, 11) is 0. The van der Waals surface area contributed by atoms with Crippen molar-refractivity contribution >= 4 is 16.7 Å². The first-order valence-corrected chi connectivity index (χ1v) is 9.85. The predicted molar refractivity (Wildman–Crippen MR) is 112 cm³/mol. The molecule has 1 N–H and O–H groups in total. The number of carboxylic acid groups (broad SMARTS) is 1. The van der Waals surface area contributed by atoms with Crippen LogP contribution in [-0.2, 0) is 6.54 Å². The fraction of sp³-hybridized carbons (Fsp3) is 0.208. The molecule has 0 saturated heterocycles. The van der Waals surface area contributed by atoms with Crippen molar-refractivity contribution in [3.63, 3.8) is 0 Å². The second-order valence-corrected chi connectivity index (χ2v) is 7.66. The molecule has 2 aromatic carbocycles. The first-order chi connectivity index (χ1) is 14.1. The molecule has 0 unspecified atom stereocenters. The topological polar surface area (TPSA) is 68.0 Å². The molecule has 0 aliphatic heterocycles. The zero-order valence-corrected chi connectivity index (χ0v) is 16.2. The molecule has 5 nitrogen and oxygen atoms in total. The van der Waals surface area contributed by atoms with E-state index in [1.54, 1.807) is 12.4 Å². The third-order valence-electron chi connectivity index (χ3n) is 5.64. The molecule has 5 rings (SSSR count). The number of pyridine rings is 1. The minimum absolute atomic E-state index is 0.243. The van der Waals surface area contributed by atoms with Crippen LogP contribution < -0.4 is 0 Å². The minimum Gasteiger partial charge on any atom is -0.477 e. The average Bonchev–Trinajstić information content (AvgIpc) is 3.52. The summed E-state index contributed by atoms with van der Waals surface area (Å²) in [6.07, 6.45) is 5.45. The molecule has 1 fully saturated rings. The summed E-state index contributed by atoms with van der Waals surface area (Å²) in [5, 5.41) is 12.4. The van der Waals surface area contributed by atoms with E-state index < -0.39 is 5.97 Å². The highest BCUT2D eigenvalue weighted by molar-refractivity contribution is 5.90. The zero-order valence-electron chi connectivity index (χ0n) is 16.2. The van der Waals surface area contributed by atoms with E-state index in [4.69, 9.17) is 4.98 Å². The highest BCUT2D eigenvalue weighted by Gasteiger charge is 2.34. The number of hydrogen-bond acceptors (Lipinski definition) is 3. The van der Waals surface area contributed by atoms with E-state index >= 15 is 0 Å². The SMILES string of the molecule is Cc1ccc(Cn2c(-c3cccnc3)nc(C3CC3)c2C(=O)O)c2ccccc12. The molecule has 1 saturated carbocycles. The van der Waals surface area contributed by atoms with Crippen molar-refractivity contribution in [2.45, 2.75) is 32.2 Å². The molecule has 144 valence electrons. The molecule has 5 heteroatoms. The maximum atomic E-state index is 12.3. The molecule has 1 aliphatic carbocycles. The summed E-state index contributed by atoms with van der Waals surface area (Å²) in [6.45, 7) is 2.55. The van der Waals surface area contributed by atoms with Crippen molar-refractivity contribution in [2.75, 3.05) is 0 Å². The quantitative estimate of drug-likeness (QED) is 0.525. The molecule has 4 aromatic rings. The number of hydrogen-bond donors (Lipinski definition) is 1. The van der Waals surface area contributed by atoms with E-state index in [9.17, 15) is 9.90 Å². The van der Waals surface area contributed by atoms with Crippen molar-refractivity contribution in [2.24, 2.45) is 0 Å². The maximum absolute atomic E-state index is 12.3. The molecule has 1 aliphatic rings. The lowest BCUT2D eigenvalue weighted by Gasteiger charge is -2.14. The van der Waals surface area contributed by atoms with Gasteiger partial charge in [0, 0.05) is 23.9 Å². The first-order valence-electron chi connectivity index (χ1n) is 9.85. The van der Waals surface area contributed by atoms with Crippen molar-refractivity contribution in [3.05, 3.63) is 83.4 Å². The van der Waals surface area contributed by atoms with Gasteiger partial charge in [-0.05, 0) is 53.8 Å². The van der Waals surface area contributed by atoms with Gasteiger partial charge in [0.1, 0.15) is 5.82 Å². The Balaban J connectivity index is 1.72. The fourth-order valence-corrected chi connectivity index (χ4v) is 4.03. The van der Waals surface area contributed by atoms with Crippen LogP contribution in [0.1, 0.15) is 46.1 Å². The lowest BCUT2D eigenvalue weighted by molar-refractivity contribution is 0.0684. The molecular formula is C24H21N3O2. The summed E-state index contributed by atoms with van der Waals surface area (Å²) < 4.78 is 1.85. The highest BCUT2D eigenvalue weighted by atomic mass is 16.4. The molecule has 29 heavy (non-hydrogen) atoms. The fourth-order valence-electron chi connectivity index (χ4n) is 4.03. The van der Waals surface area contributed by atoms with E-state index in [0.29, 0.717) is 23.8 Å². The summed E-state index contributed by atoms with van der Waals surface area (Å²) in [4.78, 5) is 21.3. The maximum Gasteiger partial charge on any atom is 0.354 e. The van der Waals surface area contributed by atoms with E-state index in [-0.39, 0.29) is 5.92 Å². The van der Waals surface area contributed by atoms with Gasteiger partial charge >= 0.3 is 5.97 Å². The number of carboxylic acids is 1. The predicted octanol–water partition coefficient (Wildman–Crippen LogP) is 5.03. The smallest absolute Gasteiger partial charge is 0.354 e. The van der Waals surface area contributed by atoms with Crippen LogP contribution in [0.5, 0.6) is 0 Å². The number of rotatable bonds is 5. The van der Waals surface area contributed by atoms with Crippen LogP contribution in [0.15, 0.2) is 60.9 Å². The summed E-state index contributed by atoms with van der Waals surface area (Å²) in [5.41, 5.74) is 4.13. The second-order valence-electron chi connectivity index (χ2n) is 7.66. The van der Waals surface area contributed by atoms with Crippen LogP contribution >= 0.6 is 0 Å². The Kier molecular flexibility index (Phi) is 4.16. The lowest BCUT2D eigenvalue weighted by atomic mass is 10.00. The van der Waals surface area contributed by atoms with E-state index in [0.717, 1.165) is 29.4 Å². The van der Waals surface area contributed by atoms with Crippen molar-refractivity contribution in [1.29, 1.82) is 0 Å². The molecule has 0 radical (unpaired) electrons. The van der Waals surface area contributed by atoms with E-state index in [2.05, 4.69) is 36.2 Å². The number of fused-ring (bicyclic) bond motifs is 1. The molecule has 0 amide bonds. The third kappa shape index (κ3) is 3.09. The van der Waals surface area contributed by atoms with Crippen LogP contribution in [0.4, 0.5) is 0 Å². The zero-order chi connectivity index (χ0) is 20.0. The van der Waals surface area contributed by atoms with Gasteiger partial charge in [0.25, 0.3) is 0 Å². The summed E-state index contributed by atoms with van der Waals surface area (Å²) in [5.74, 6) is -0.0134. The van der Waals surface area contributed by atoms with Crippen LogP contribution in [0.2, 0.25) is 0 Å². The highest BCUT2D eigenvalue weighted by Crippen LogP contribution is 2.42. The van der Waals surface area contributed by atoms with E-state index in [1.807, 2.05) is 28.8 Å². The number of benzene rings is 2. The number of carbonyl (C=O) groups is 1. The Bertz CT molecular complexity index is 1220. The Morgan fingerprint density at radius 2 is 1.90 bits per heavy atom. The van der Waals surface area contributed by atoms with E-state index in [1.165, 1.54) is 10.9 Å². The lowest BCUT2D eigenvalue weighted by Crippen LogP contribution is -2.12. The molecule has 0 bridgehead atoms. The number of imidazole rings is 1. The standard InChI is InChI=1S/C24H21N3O2/c1-15-8-9-18(20-7-3-2-6-19(15)20)14-27-22(24(28)29)21(16-10-11-16)26-23(27)17-5-4-12-25-13-17/h2-9,12-13,16H,10-11,14H2,1H3,(H,28,29). The van der Waals surface area contributed by atoms with Crippen LogP contribution in [-0.4, -0.2) is 25.6 Å². The summed E-state index contributed by atoms with van der Waals surface area (Å²) >= 11 is 0. The van der Waals surface area contributed by atoms with Crippen molar-refractivity contribution in [1.82, 2.24) is 14.5 Å². The number of aromatic nitrogens is 3. The van der Waals surface area contributed by atoms with Crippen molar-refractivity contribution in [3.8, 4) is 11.4 Å². The van der Waals surface area contributed by atoms with Gasteiger partial charge in [-0.1, -0.05) is 36.4 Å². The van der Waals surface area contributed by atoms with Gasteiger partial charge in [0.2, 0.25) is 0 Å². The average molecular weight is 383 g/mol. The number of nitrogens with zero attached hydrogens (tertiary/aromatic N) is 3. The largest absolute Gasteiger partial charge is 0.477 e. The van der Waals surface area contributed by atoms with Crippen molar-refractivity contribution < 1.29 is 9.90 Å². The Hall–Kier alpha value is -3.47. The Morgan fingerprint density at radius 1 is 1.10 bits per heavy atom. The van der Waals surface area contributed by atoms with Gasteiger partial charge in [0.05, 0.1) is 12.2 Å². The Labute approximate surface area is 168 Å². The van der Waals surface area contributed by atoms with Crippen LogP contribution in [0, 0.1) is 6.92 Å². The normalized spacial score (nSPS) is 13.7. The van der Waals surface area contributed by atoms with Gasteiger partial charge in [-0.3, -0.25) is 4.98 Å². The first kappa shape index (κ1) is 17.6. The molecule has 2 aromatic heterocycles. The van der Waals surface area contributed by atoms with Gasteiger partial charge in [0.15, 0.2) is 5.69 Å². The van der Waals surface area contributed by atoms with Gasteiger partial charge in [-0.2, -0.15) is 0 Å². The molecule has 0 spiro atoms. The van der Waals surface area contributed by atoms with Gasteiger partial charge in [-0.15, -0.1) is 0 Å². The monoisotopic (exact) mass is 383 g/mol. The second kappa shape index (κ2) is 6.85. The molecule has 0 atom stereocenters. The van der Waals surface area contributed by atoms with Gasteiger partial charge in [-0.25, -0.2) is 9.78 Å². The number of aryl methyl sites for hydroxylation is 1. The Morgan fingerprint density at radius 3 is 2.59 bits per heavy atom. The van der Waals surface area contributed by atoms with Crippen LogP contribution in [0.3, 0.4) is 0 Å². The minimum atomic E-state index is -0.925. The third-order valence-corrected chi connectivity index (χ3v) is 5.64. The number of aromatic carboxylic acids is 1. The summed E-state index contributed by atoms with van der Waals surface area (Å²) in [6, 6.07) is 16.2. The van der Waals surface area contributed by atoms with Gasteiger partial charge < -0.3 is 9.67 Å². The molecular weight excluding hydrogens is 362 g/mol.